The van der Waals surface area contributed by atoms with Crippen LogP contribution in [0.15, 0.2) is 30.9 Å². The molecule has 0 amide bonds. The molecule has 2 saturated heterocycles. The standard InChI is InChI=1S/C13H16N6/c1-2-13(17-16-12(1)18-4-3-14-9-18)19-7-10-5-15-6-11(10)8-19/h1-4,9-11,15H,5-8H2. The zero-order valence-corrected chi connectivity index (χ0v) is 10.6. The van der Waals surface area contributed by atoms with E-state index in [4.69, 9.17) is 0 Å². The lowest BCUT2D eigenvalue weighted by Gasteiger charge is -2.17. The van der Waals surface area contributed by atoms with Gasteiger partial charge >= 0.3 is 0 Å². The van der Waals surface area contributed by atoms with Crippen LogP contribution in [0, 0.1) is 11.8 Å². The number of nitrogens with zero attached hydrogens (tertiary/aromatic N) is 5. The topological polar surface area (TPSA) is 58.9 Å². The van der Waals surface area contributed by atoms with Gasteiger partial charge in [0.25, 0.3) is 0 Å². The van der Waals surface area contributed by atoms with Gasteiger partial charge < -0.3 is 10.2 Å². The molecule has 0 saturated carbocycles. The summed E-state index contributed by atoms with van der Waals surface area (Å²) in [4.78, 5) is 6.36. The van der Waals surface area contributed by atoms with E-state index in [0.717, 1.165) is 49.7 Å². The van der Waals surface area contributed by atoms with Gasteiger partial charge in [0, 0.05) is 38.6 Å². The number of aromatic nitrogens is 4. The molecule has 0 radical (unpaired) electrons. The number of imidazole rings is 1. The minimum Gasteiger partial charge on any atom is -0.354 e. The second-order valence-electron chi connectivity index (χ2n) is 5.30. The number of fused-ring (bicyclic) bond motifs is 1. The third kappa shape index (κ3) is 1.88. The van der Waals surface area contributed by atoms with Gasteiger partial charge in [-0.2, -0.15) is 0 Å². The van der Waals surface area contributed by atoms with Crippen molar-refractivity contribution in [3.63, 3.8) is 0 Å². The van der Waals surface area contributed by atoms with E-state index in [1.54, 1.807) is 12.5 Å². The first-order chi connectivity index (χ1) is 9.40. The van der Waals surface area contributed by atoms with Crippen LogP contribution in [0.1, 0.15) is 0 Å². The van der Waals surface area contributed by atoms with Crippen LogP contribution in [0.25, 0.3) is 5.82 Å². The molecule has 2 aliphatic heterocycles. The molecule has 1 N–H and O–H groups in total. The maximum absolute atomic E-state index is 4.35. The van der Waals surface area contributed by atoms with Gasteiger partial charge in [0.05, 0.1) is 0 Å². The molecule has 2 aromatic heterocycles. The first kappa shape index (κ1) is 10.9. The molecule has 2 atom stereocenters. The number of rotatable bonds is 2. The third-order valence-corrected chi connectivity index (χ3v) is 4.12. The summed E-state index contributed by atoms with van der Waals surface area (Å²) >= 11 is 0. The molecule has 0 aliphatic carbocycles. The van der Waals surface area contributed by atoms with E-state index in [-0.39, 0.29) is 0 Å². The monoisotopic (exact) mass is 256 g/mol. The van der Waals surface area contributed by atoms with Crippen molar-refractivity contribution in [1.82, 2.24) is 25.1 Å². The molecular formula is C13H16N6. The minimum atomic E-state index is 0.773. The molecule has 2 aromatic rings. The van der Waals surface area contributed by atoms with Crippen molar-refractivity contribution in [2.24, 2.45) is 11.8 Å². The van der Waals surface area contributed by atoms with Gasteiger partial charge in [0.15, 0.2) is 11.6 Å². The van der Waals surface area contributed by atoms with E-state index in [2.05, 4.69) is 31.5 Å². The van der Waals surface area contributed by atoms with Crippen LogP contribution < -0.4 is 10.2 Å². The number of hydrogen-bond acceptors (Lipinski definition) is 5. The summed E-state index contributed by atoms with van der Waals surface area (Å²) in [5.41, 5.74) is 0. The highest BCUT2D eigenvalue weighted by atomic mass is 15.3. The maximum Gasteiger partial charge on any atom is 0.160 e. The van der Waals surface area contributed by atoms with Crippen LogP contribution in [0.4, 0.5) is 5.82 Å². The van der Waals surface area contributed by atoms with Crippen molar-refractivity contribution in [1.29, 1.82) is 0 Å². The normalized spacial score (nSPS) is 25.8. The second kappa shape index (κ2) is 4.31. The largest absolute Gasteiger partial charge is 0.354 e. The zero-order valence-electron chi connectivity index (χ0n) is 10.6. The molecule has 6 nitrogen and oxygen atoms in total. The van der Waals surface area contributed by atoms with Crippen molar-refractivity contribution in [2.75, 3.05) is 31.1 Å². The van der Waals surface area contributed by atoms with Crippen LogP contribution in [0.3, 0.4) is 0 Å². The Morgan fingerprint density at radius 2 is 1.79 bits per heavy atom. The summed E-state index contributed by atoms with van der Waals surface area (Å²) in [6, 6.07) is 4.05. The Bertz CT molecular complexity index is 537. The molecule has 2 aliphatic rings. The lowest BCUT2D eigenvalue weighted by molar-refractivity contribution is 0.533. The van der Waals surface area contributed by atoms with Crippen LogP contribution in [0.5, 0.6) is 0 Å². The second-order valence-corrected chi connectivity index (χ2v) is 5.30. The van der Waals surface area contributed by atoms with Gasteiger partial charge in [0.2, 0.25) is 0 Å². The van der Waals surface area contributed by atoms with Crippen LogP contribution in [0.2, 0.25) is 0 Å². The molecule has 4 heterocycles. The van der Waals surface area contributed by atoms with E-state index in [9.17, 15) is 0 Å². The van der Waals surface area contributed by atoms with Crippen molar-refractivity contribution < 1.29 is 0 Å². The highest BCUT2D eigenvalue weighted by Crippen LogP contribution is 2.29. The molecule has 19 heavy (non-hydrogen) atoms. The predicted octanol–water partition coefficient (Wildman–Crippen LogP) is 0.318. The van der Waals surface area contributed by atoms with Gasteiger partial charge in [-0.3, -0.25) is 4.57 Å². The summed E-state index contributed by atoms with van der Waals surface area (Å²) in [5, 5.41) is 12.1. The minimum absolute atomic E-state index is 0.773. The van der Waals surface area contributed by atoms with Gasteiger partial charge in [0.1, 0.15) is 6.33 Å². The van der Waals surface area contributed by atoms with E-state index >= 15 is 0 Å². The van der Waals surface area contributed by atoms with Crippen LogP contribution in [-0.4, -0.2) is 45.9 Å². The van der Waals surface area contributed by atoms with Crippen molar-refractivity contribution in [3.8, 4) is 5.82 Å². The highest BCUT2D eigenvalue weighted by molar-refractivity contribution is 5.41. The van der Waals surface area contributed by atoms with Crippen LogP contribution >= 0.6 is 0 Å². The van der Waals surface area contributed by atoms with Crippen molar-refractivity contribution in [2.45, 2.75) is 0 Å². The summed E-state index contributed by atoms with van der Waals surface area (Å²) in [5.74, 6) is 3.34. The Hall–Kier alpha value is -1.95. The Labute approximate surface area is 111 Å². The van der Waals surface area contributed by atoms with Gasteiger partial charge in [-0.25, -0.2) is 4.98 Å². The highest BCUT2D eigenvalue weighted by Gasteiger charge is 2.36. The molecule has 6 heteroatoms. The smallest absolute Gasteiger partial charge is 0.160 e. The summed E-state index contributed by atoms with van der Waals surface area (Å²) < 4.78 is 1.86. The first-order valence-corrected chi connectivity index (χ1v) is 6.68. The molecule has 98 valence electrons. The molecule has 0 aromatic carbocycles. The number of hydrogen-bond donors (Lipinski definition) is 1. The summed E-state index contributed by atoms with van der Waals surface area (Å²) in [7, 11) is 0. The van der Waals surface area contributed by atoms with E-state index < -0.39 is 0 Å². The van der Waals surface area contributed by atoms with Crippen LogP contribution in [-0.2, 0) is 0 Å². The predicted molar refractivity (Wildman–Crippen MR) is 71.2 cm³/mol. The van der Waals surface area contributed by atoms with E-state index in [1.165, 1.54) is 0 Å². The van der Waals surface area contributed by atoms with Gasteiger partial charge in [-0.05, 0) is 24.0 Å². The molecule has 0 spiro atoms. The number of anilines is 1. The Balaban J connectivity index is 1.53. The first-order valence-electron chi connectivity index (χ1n) is 6.68. The van der Waals surface area contributed by atoms with Gasteiger partial charge in [-0.1, -0.05) is 0 Å². The zero-order chi connectivity index (χ0) is 12.7. The number of nitrogens with one attached hydrogen (secondary N) is 1. The van der Waals surface area contributed by atoms with Crippen molar-refractivity contribution in [3.05, 3.63) is 30.9 Å². The molecule has 2 fully saturated rings. The van der Waals surface area contributed by atoms with E-state index in [1.807, 2.05) is 16.8 Å². The fourth-order valence-corrected chi connectivity index (χ4v) is 3.06. The SMILES string of the molecule is c1cn(-c2ccc(N3CC4CNCC4C3)nn2)cn1. The molecule has 4 rings (SSSR count). The Kier molecular flexibility index (Phi) is 2.48. The Morgan fingerprint density at radius 1 is 1.05 bits per heavy atom. The fraction of sp³-hybridized carbons (Fsp3) is 0.462. The van der Waals surface area contributed by atoms with Gasteiger partial charge in [-0.15, -0.1) is 10.2 Å². The fourth-order valence-electron chi connectivity index (χ4n) is 3.06. The quantitative estimate of drug-likeness (QED) is 0.838. The lowest BCUT2D eigenvalue weighted by atomic mass is 10.0. The van der Waals surface area contributed by atoms with Crippen molar-refractivity contribution >= 4 is 5.82 Å². The lowest BCUT2D eigenvalue weighted by Crippen LogP contribution is -2.26. The maximum atomic E-state index is 4.35. The average molecular weight is 256 g/mol. The molecule has 2 unspecified atom stereocenters. The molecular weight excluding hydrogens is 240 g/mol. The molecule has 0 bridgehead atoms. The summed E-state index contributed by atoms with van der Waals surface area (Å²) in [6.45, 7) is 4.47. The third-order valence-electron chi connectivity index (χ3n) is 4.12. The Morgan fingerprint density at radius 3 is 2.42 bits per heavy atom. The van der Waals surface area contributed by atoms with E-state index in [0.29, 0.717) is 0 Å². The summed E-state index contributed by atoms with van der Waals surface area (Å²) in [6.07, 6.45) is 5.34. The average Bonchev–Trinajstić information content (AvgIpc) is 3.15.